The Labute approximate surface area is 135 Å². The number of nitriles is 1. The Morgan fingerprint density at radius 3 is 2.52 bits per heavy atom. The third kappa shape index (κ3) is 3.97. The SMILES string of the molecule is CC(C)CC(=O)N1CCN(c2ccc([N+](=O)[O-])cc2C#N)CC1. The number of nitro benzene ring substituents is 1. The van der Waals surface area contributed by atoms with Crippen LogP contribution in [0.1, 0.15) is 25.8 Å². The summed E-state index contributed by atoms with van der Waals surface area (Å²) in [7, 11) is 0. The van der Waals surface area contributed by atoms with Crippen LogP contribution in [0.15, 0.2) is 18.2 Å². The highest BCUT2D eigenvalue weighted by Gasteiger charge is 2.23. The molecular weight excluding hydrogens is 296 g/mol. The van der Waals surface area contributed by atoms with E-state index in [9.17, 15) is 20.2 Å². The molecule has 1 amide bonds. The molecule has 0 unspecified atom stereocenters. The predicted octanol–water partition coefficient (Wildman–Crippen LogP) is 2.16. The van der Waals surface area contributed by atoms with Gasteiger partial charge in [0.15, 0.2) is 0 Å². The molecule has 0 aromatic heterocycles. The first kappa shape index (κ1) is 16.7. The van der Waals surface area contributed by atoms with Gasteiger partial charge in [0, 0.05) is 44.7 Å². The van der Waals surface area contributed by atoms with Crippen molar-refractivity contribution in [2.75, 3.05) is 31.1 Å². The van der Waals surface area contributed by atoms with Crippen LogP contribution in [0, 0.1) is 27.4 Å². The van der Waals surface area contributed by atoms with Gasteiger partial charge in [-0.25, -0.2) is 0 Å². The smallest absolute Gasteiger partial charge is 0.270 e. The first-order valence-electron chi connectivity index (χ1n) is 7.63. The van der Waals surface area contributed by atoms with Crippen molar-refractivity contribution >= 4 is 17.3 Å². The molecule has 1 aliphatic heterocycles. The van der Waals surface area contributed by atoms with Crippen molar-refractivity contribution < 1.29 is 9.72 Å². The van der Waals surface area contributed by atoms with Gasteiger partial charge in [0.2, 0.25) is 5.91 Å². The van der Waals surface area contributed by atoms with Gasteiger partial charge in [-0.15, -0.1) is 0 Å². The van der Waals surface area contributed by atoms with Crippen LogP contribution in [0.4, 0.5) is 11.4 Å². The van der Waals surface area contributed by atoms with Crippen LogP contribution in [0.5, 0.6) is 0 Å². The number of rotatable bonds is 4. The fraction of sp³-hybridized carbons (Fsp3) is 0.500. The van der Waals surface area contributed by atoms with Crippen molar-refractivity contribution in [1.82, 2.24) is 4.90 Å². The summed E-state index contributed by atoms with van der Waals surface area (Å²) in [6, 6.07) is 6.34. The van der Waals surface area contributed by atoms with Gasteiger partial charge in [0.05, 0.1) is 16.2 Å². The summed E-state index contributed by atoms with van der Waals surface area (Å²) in [6.07, 6.45) is 0.543. The second-order valence-electron chi connectivity index (χ2n) is 6.04. The van der Waals surface area contributed by atoms with E-state index in [1.54, 1.807) is 6.07 Å². The molecule has 0 spiro atoms. The summed E-state index contributed by atoms with van der Waals surface area (Å²) in [6.45, 7) is 6.49. The van der Waals surface area contributed by atoms with Crippen LogP contribution in [-0.4, -0.2) is 41.9 Å². The maximum Gasteiger partial charge on any atom is 0.270 e. The first-order chi connectivity index (χ1) is 10.9. The Morgan fingerprint density at radius 1 is 1.35 bits per heavy atom. The third-order valence-electron chi connectivity index (χ3n) is 3.87. The Balaban J connectivity index is 2.07. The van der Waals surface area contributed by atoms with Crippen LogP contribution in [0.3, 0.4) is 0 Å². The Bertz CT molecular complexity index is 643. The lowest BCUT2D eigenvalue weighted by Crippen LogP contribution is -2.49. The summed E-state index contributed by atoms with van der Waals surface area (Å²) in [5.41, 5.74) is 0.895. The normalized spacial score (nSPS) is 14.7. The number of piperazine rings is 1. The maximum absolute atomic E-state index is 12.1. The molecule has 0 aliphatic carbocycles. The van der Waals surface area contributed by atoms with Crippen molar-refractivity contribution in [3.63, 3.8) is 0 Å². The van der Waals surface area contributed by atoms with Crippen molar-refractivity contribution in [2.24, 2.45) is 5.92 Å². The van der Waals surface area contributed by atoms with Gasteiger partial charge < -0.3 is 9.80 Å². The lowest BCUT2D eigenvalue weighted by molar-refractivity contribution is -0.384. The highest BCUT2D eigenvalue weighted by atomic mass is 16.6. The number of hydrogen-bond acceptors (Lipinski definition) is 5. The Hall–Kier alpha value is -2.62. The first-order valence-corrected chi connectivity index (χ1v) is 7.63. The zero-order valence-corrected chi connectivity index (χ0v) is 13.4. The number of anilines is 1. The summed E-state index contributed by atoms with van der Waals surface area (Å²) < 4.78 is 0. The van der Waals surface area contributed by atoms with Crippen LogP contribution in [-0.2, 0) is 4.79 Å². The second kappa shape index (κ2) is 7.09. The molecule has 7 heteroatoms. The Kier molecular flexibility index (Phi) is 5.16. The molecular formula is C16H20N4O3. The minimum Gasteiger partial charge on any atom is -0.367 e. The molecule has 7 nitrogen and oxygen atoms in total. The van der Waals surface area contributed by atoms with E-state index < -0.39 is 4.92 Å². The van der Waals surface area contributed by atoms with Gasteiger partial charge in [-0.3, -0.25) is 14.9 Å². The largest absolute Gasteiger partial charge is 0.367 e. The zero-order chi connectivity index (χ0) is 17.0. The molecule has 0 radical (unpaired) electrons. The van der Waals surface area contributed by atoms with E-state index in [1.165, 1.54) is 12.1 Å². The lowest BCUT2D eigenvalue weighted by atomic mass is 10.1. The summed E-state index contributed by atoms with van der Waals surface area (Å²) in [5, 5.41) is 20.0. The van der Waals surface area contributed by atoms with Gasteiger partial charge >= 0.3 is 0 Å². The van der Waals surface area contributed by atoms with E-state index in [4.69, 9.17) is 0 Å². The topological polar surface area (TPSA) is 90.5 Å². The van der Waals surface area contributed by atoms with Crippen LogP contribution in [0.2, 0.25) is 0 Å². The lowest BCUT2D eigenvalue weighted by Gasteiger charge is -2.36. The number of hydrogen-bond donors (Lipinski definition) is 0. The van der Waals surface area contributed by atoms with Crippen LogP contribution < -0.4 is 4.90 Å². The van der Waals surface area contributed by atoms with Gasteiger partial charge in [-0.1, -0.05) is 13.8 Å². The molecule has 122 valence electrons. The van der Waals surface area contributed by atoms with E-state index in [2.05, 4.69) is 0 Å². The minimum absolute atomic E-state index is 0.0870. The molecule has 2 rings (SSSR count). The van der Waals surface area contributed by atoms with Gasteiger partial charge in [0.1, 0.15) is 6.07 Å². The zero-order valence-electron chi connectivity index (χ0n) is 13.4. The van der Waals surface area contributed by atoms with E-state index in [-0.39, 0.29) is 11.6 Å². The molecule has 1 aromatic rings. The molecule has 0 N–H and O–H groups in total. The number of nitrogens with zero attached hydrogens (tertiary/aromatic N) is 4. The number of nitro groups is 1. The fourth-order valence-corrected chi connectivity index (χ4v) is 2.68. The van der Waals surface area contributed by atoms with E-state index in [0.29, 0.717) is 49.8 Å². The Morgan fingerprint density at radius 2 is 2.00 bits per heavy atom. The molecule has 0 atom stereocenters. The standard InChI is InChI=1S/C16H20N4O3/c1-12(2)9-16(21)19-7-5-18(6-8-19)15-4-3-14(20(22)23)10-13(15)11-17/h3-4,10,12H,5-9H2,1-2H3. The van der Waals surface area contributed by atoms with Crippen molar-refractivity contribution in [2.45, 2.75) is 20.3 Å². The summed E-state index contributed by atoms with van der Waals surface area (Å²) in [5.74, 6) is 0.490. The molecule has 1 saturated heterocycles. The second-order valence-corrected chi connectivity index (χ2v) is 6.04. The van der Waals surface area contributed by atoms with Crippen molar-refractivity contribution in [3.8, 4) is 6.07 Å². The van der Waals surface area contributed by atoms with E-state index in [0.717, 1.165) is 0 Å². The van der Waals surface area contributed by atoms with E-state index in [1.807, 2.05) is 29.7 Å². The molecule has 1 aromatic carbocycles. The number of carbonyl (C=O) groups is 1. The number of non-ortho nitro benzene ring substituents is 1. The van der Waals surface area contributed by atoms with Gasteiger partial charge in [-0.05, 0) is 12.0 Å². The summed E-state index contributed by atoms with van der Waals surface area (Å²) in [4.78, 5) is 26.2. The number of carbonyl (C=O) groups excluding carboxylic acids is 1. The quantitative estimate of drug-likeness (QED) is 0.627. The van der Waals surface area contributed by atoms with Crippen molar-refractivity contribution in [3.05, 3.63) is 33.9 Å². The fourth-order valence-electron chi connectivity index (χ4n) is 2.68. The highest BCUT2D eigenvalue weighted by Crippen LogP contribution is 2.26. The van der Waals surface area contributed by atoms with Crippen molar-refractivity contribution in [1.29, 1.82) is 5.26 Å². The highest BCUT2D eigenvalue weighted by molar-refractivity contribution is 5.76. The van der Waals surface area contributed by atoms with Gasteiger partial charge in [-0.2, -0.15) is 5.26 Å². The van der Waals surface area contributed by atoms with Gasteiger partial charge in [0.25, 0.3) is 5.69 Å². The maximum atomic E-state index is 12.1. The molecule has 1 fully saturated rings. The number of benzene rings is 1. The van der Waals surface area contributed by atoms with Crippen LogP contribution >= 0.6 is 0 Å². The summed E-state index contributed by atoms with van der Waals surface area (Å²) >= 11 is 0. The molecule has 0 saturated carbocycles. The van der Waals surface area contributed by atoms with Crippen LogP contribution in [0.25, 0.3) is 0 Å². The molecule has 1 heterocycles. The predicted molar refractivity (Wildman–Crippen MR) is 86.1 cm³/mol. The molecule has 23 heavy (non-hydrogen) atoms. The average molecular weight is 316 g/mol. The van der Waals surface area contributed by atoms with E-state index >= 15 is 0 Å². The average Bonchev–Trinajstić information content (AvgIpc) is 2.53. The monoisotopic (exact) mass is 316 g/mol. The minimum atomic E-state index is -0.507. The molecule has 1 aliphatic rings. The number of amides is 1. The third-order valence-corrected chi connectivity index (χ3v) is 3.87. The molecule has 0 bridgehead atoms.